The zero-order valence-corrected chi connectivity index (χ0v) is 11.7. The highest BCUT2D eigenvalue weighted by atomic mass is 16.5. The number of hydrogen-bond donors (Lipinski definition) is 1. The highest BCUT2D eigenvalue weighted by Crippen LogP contribution is 2.25. The van der Waals surface area contributed by atoms with Crippen LogP contribution in [-0.2, 0) is 13.1 Å². The minimum absolute atomic E-state index is 0.689. The predicted molar refractivity (Wildman–Crippen MR) is 80.0 cm³/mol. The molecule has 1 aromatic carbocycles. The number of rotatable bonds is 3. The molecule has 0 unspecified atom stereocenters. The van der Waals surface area contributed by atoms with Gasteiger partial charge in [-0.1, -0.05) is 18.2 Å². The summed E-state index contributed by atoms with van der Waals surface area (Å²) >= 11 is 0. The second-order valence-electron chi connectivity index (χ2n) is 4.93. The van der Waals surface area contributed by atoms with E-state index in [2.05, 4.69) is 33.4 Å². The van der Waals surface area contributed by atoms with E-state index >= 15 is 0 Å². The lowest BCUT2D eigenvalue weighted by atomic mass is 10.2. The first-order valence-electron chi connectivity index (χ1n) is 6.92. The van der Waals surface area contributed by atoms with Crippen LogP contribution in [0.3, 0.4) is 0 Å². The van der Waals surface area contributed by atoms with Crippen molar-refractivity contribution in [2.24, 2.45) is 0 Å². The van der Waals surface area contributed by atoms with E-state index in [1.165, 1.54) is 11.1 Å². The van der Waals surface area contributed by atoms with Gasteiger partial charge in [0.1, 0.15) is 18.2 Å². The molecular formula is C16H19N3O. The number of pyridine rings is 1. The van der Waals surface area contributed by atoms with Crippen LogP contribution in [0.15, 0.2) is 42.6 Å². The molecular weight excluding hydrogens is 250 g/mol. The Morgan fingerprint density at radius 2 is 2.20 bits per heavy atom. The van der Waals surface area contributed by atoms with Crippen LogP contribution in [0, 0.1) is 0 Å². The zero-order chi connectivity index (χ0) is 13.8. The fraction of sp³-hybridized carbons (Fsp3) is 0.312. The molecule has 104 valence electrons. The van der Waals surface area contributed by atoms with E-state index in [1.54, 1.807) is 0 Å². The second-order valence-corrected chi connectivity index (χ2v) is 4.93. The third kappa shape index (κ3) is 2.75. The van der Waals surface area contributed by atoms with E-state index in [0.29, 0.717) is 6.61 Å². The van der Waals surface area contributed by atoms with Crippen molar-refractivity contribution in [2.75, 3.05) is 25.1 Å². The Morgan fingerprint density at radius 3 is 3.10 bits per heavy atom. The largest absolute Gasteiger partial charge is 0.491 e. The minimum Gasteiger partial charge on any atom is -0.491 e. The van der Waals surface area contributed by atoms with Crippen LogP contribution in [-0.4, -0.2) is 25.2 Å². The summed E-state index contributed by atoms with van der Waals surface area (Å²) in [5.41, 5.74) is 2.46. The van der Waals surface area contributed by atoms with Gasteiger partial charge in [-0.15, -0.1) is 0 Å². The topological polar surface area (TPSA) is 37.4 Å². The van der Waals surface area contributed by atoms with Crippen LogP contribution >= 0.6 is 0 Å². The number of benzene rings is 1. The van der Waals surface area contributed by atoms with Gasteiger partial charge in [0.25, 0.3) is 0 Å². The summed E-state index contributed by atoms with van der Waals surface area (Å²) in [4.78, 5) is 6.77. The van der Waals surface area contributed by atoms with E-state index in [0.717, 1.165) is 31.2 Å². The molecule has 0 saturated carbocycles. The summed E-state index contributed by atoms with van der Waals surface area (Å²) in [5.74, 6) is 2.00. The molecule has 2 aromatic rings. The summed E-state index contributed by atoms with van der Waals surface area (Å²) in [7, 11) is 1.95. The fourth-order valence-electron chi connectivity index (χ4n) is 2.47. The summed E-state index contributed by atoms with van der Waals surface area (Å²) < 4.78 is 5.80. The van der Waals surface area contributed by atoms with Gasteiger partial charge in [0.2, 0.25) is 0 Å². The number of nitrogens with one attached hydrogen (secondary N) is 1. The molecule has 0 bridgehead atoms. The van der Waals surface area contributed by atoms with E-state index in [9.17, 15) is 0 Å². The Balaban J connectivity index is 1.85. The lowest BCUT2D eigenvalue weighted by molar-refractivity contribution is 0.331. The van der Waals surface area contributed by atoms with Crippen molar-refractivity contribution in [1.82, 2.24) is 10.3 Å². The minimum atomic E-state index is 0.689. The number of aromatic nitrogens is 1. The van der Waals surface area contributed by atoms with Crippen LogP contribution in [0.5, 0.6) is 5.75 Å². The first-order chi connectivity index (χ1) is 9.86. The van der Waals surface area contributed by atoms with Gasteiger partial charge in [-0.3, -0.25) is 0 Å². The monoisotopic (exact) mass is 269 g/mol. The van der Waals surface area contributed by atoms with Crippen LogP contribution in [0.4, 0.5) is 5.82 Å². The predicted octanol–water partition coefficient (Wildman–Crippen LogP) is 2.20. The van der Waals surface area contributed by atoms with Crippen molar-refractivity contribution in [3.63, 3.8) is 0 Å². The highest BCUT2D eigenvalue weighted by molar-refractivity contribution is 5.45. The van der Waals surface area contributed by atoms with Gasteiger partial charge in [-0.05, 0) is 30.8 Å². The van der Waals surface area contributed by atoms with Crippen molar-refractivity contribution < 1.29 is 4.74 Å². The van der Waals surface area contributed by atoms with E-state index in [-0.39, 0.29) is 0 Å². The number of fused-ring (bicyclic) bond motifs is 1. The maximum absolute atomic E-state index is 5.80. The van der Waals surface area contributed by atoms with Gasteiger partial charge in [0.05, 0.1) is 6.54 Å². The van der Waals surface area contributed by atoms with Crippen molar-refractivity contribution >= 4 is 5.82 Å². The molecule has 1 N–H and O–H groups in total. The normalized spacial score (nSPS) is 14.3. The average Bonchev–Trinajstić information content (AvgIpc) is 2.70. The highest BCUT2D eigenvalue weighted by Gasteiger charge is 2.16. The molecule has 1 aliphatic heterocycles. The summed E-state index contributed by atoms with van der Waals surface area (Å²) in [5, 5.41) is 3.17. The number of para-hydroxylation sites is 1. The number of nitrogens with zero attached hydrogens (tertiary/aromatic N) is 2. The fourth-order valence-corrected chi connectivity index (χ4v) is 2.47. The quantitative estimate of drug-likeness (QED) is 0.927. The second kappa shape index (κ2) is 5.92. The molecule has 1 aliphatic rings. The van der Waals surface area contributed by atoms with Gasteiger partial charge < -0.3 is 15.0 Å². The SMILES string of the molecule is CNCc1ccnc(N2CCOc3ccccc3C2)c1. The molecule has 0 atom stereocenters. The lowest BCUT2D eigenvalue weighted by Crippen LogP contribution is -2.26. The Labute approximate surface area is 119 Å². The molecule has 0 spiro atoms. The maximum atomic E-state index is 5.80. The first kappa shape index (κ1) is 12.9. The molecule has 2 heterocycles. The summed E-state index contributed by atoms with van der Waals surface area (Å²) in [6.45, 7) is 3.24. The standard InChI is InChI=1S/C16H19N3O/c1-17-11-13-6-7-18-16(10-13)19-8-9-20-15-5-3-2-4-14(15)12-19/h2-7,10,17H,8-9,11-12H2,1H3. The van der Waals surface area contributed by atoms with Crippen molar-refractivity contribution in [1.29, 1.82) is 0 Å². The van der Waals surface area contributed by atoms with E-state index in [4.69, 9.17) is 4.74 Å². The summed E-state index contributed by atoms with van der Waals surface area (Å²) in [6, 6.07) is 12.4. The van der Waals surface area contributed by atoms with Gasteiger partial charge in [-0.2, -0.15) is 0 Å². The molecule has 0 aliphatic carbocycles. The molecule has 0 saturated heterocycles. The van der Waals surface area contributed by atoms with Crippen molar-refractivity contribution in [2.45, 2.75) is 13.1 Å². The number of ether oxygens (including phenoxy) is 1. The van der Waals surface area contributed by atoms with Crippen LogP contribution in [0.1, 0.15) is 11.1 Å². The van der Waals surface area contributed by atoms with E-state index < -0.39 is 0 Å². The molecule has 3 rings (SSSR count). The maximum Gasteiger partial charge on any atom is 0.129 e. The van der Waals surface area contributed by atoms with Crippen LogP contribution < -0.4 is 15.0 Å². The smallest absolute Gasteiger partial charge is 0.129 e. The number of hydrogen-bond acceptors (Lipinski definition) is 4. The van der Waals surface area contributed by atoms with Crippen molar-refractivity contribution in [3.8, 4) is 5.75 Å². The van der Waals surface area contributed by atoms with Gasteiger partial charge >= 0.3 is 0 Å². The first-order valence-corrected chi connectivity index (χ1v) is 6.92. The summed E-state index contributed by atoms with van der Waals surface area (Å²) in [6.07, 6.45) is 1.87. The average molecular weight is 269 g/mol. The number of anilines is 1. The Bertz CT molecular complexity index is 585. The van der Waals surface area contributed by atoms with E-state index in [1.807, 2.05) is 31.4 Å². The molecule has 20 heavy (non-hydrogen) atoms. The molecule has 1 aromatic heterocycles. The van der Waals surface area contributed by atoms with Crippen molar-refractivity contribution in [3.05, 3.63) is 53.7 Å². The molecule has 0 fully saturated rings. The van der Waals surface area contributed by atoms with Gasteiger partial charge in [-0.25, -0.2) is 4.98 Å². The molecule has 4 heteroatoms. The zero-order valence-electron chi connectivity index (χ0n) is 11.7. The van der Waals surface area contributed by atoms with Crippen LogP contribution in [0.2, 0.25) is 0 Å². The molecule has 0 radical (unpaired) electrons. The van der Waals surface area contributed by atoms with Gasteiger partial charge in [0, 0.05) is 24.8 Å². The molecule has 4 nitrogen and oxygen atoms in total. The Kier molecular flexibility index (Phi) is 3.83. The van der Waals surface area contributed by atoms with Crippen LogP contribution in [0.25, 0.3) is 0 Å². The Hall–Kier alpha value is -2.07. The molecule has 0 amide bonds. The lowest BCUT2D eigenvalue weighted by Gasteiger charge is -2.21. The third-order valence-corrected chi connectivity index (χ3v) is 3.47. The van der Waals surface area contributed by atoms with Gasteiger partial charge in [0.15, 0.2) is 0 Å². The third-order valence-electron chi connectivity index (χ3n) is 3.47. The Morgan fingerprint density at radius 1 is 1.30 bits per heavy atom.